The number of piperazine rings is 1. The van der Waals surface area contributed by atoms with Gasteiger partial charge in [0.15, 0.2) is 11.5 Å². The van der Waals surface area contributed by atoms with Gasteiger partial charge in [0.2, 0.25) is 0 Å². The number of carbonyl (C=O) groups is 1. The largest absolute Gasteiger partial charge is 0.450 e. The zero-order chi connectivity index (χ0) is 18.8. The third kappa shape index (κ3) is 3.27. The summed E-state index contributed by atoms with van der Waals surface area (Å²) in [5.41, 5.74) is 0.893. The topological polar surface area (TPSA) is 75.9 Å². The fraction of sp³-hybridized carbons (Fsp3) is 0.333. The van der Waals surface area contributed by atoms with E-state index in [1.807, 2.05) is 6.07 Å². The summed E-state index contributed by atoms with van der Waals surface area (Å²) in [6, 6.07) is 10.1. The highest BCUT2D eigenvalue weighted by molar-refractivity contribution is 5.68. The van der Waals surface area contributed by atoms with Gasteiger partial charge in [-0.3, -0.25) is 0 Å². The molecule has 0 atom stereocenters. The van der Waals surface area contributed by atoms with Crippen molar-refractivity contribution in [3.8, 4) is 11.4 Å². The molecule has 0 N–H and O–H groups in total. The van der Waals surface area contributed by atoms with E-state index in [0.29, 0.717) is 49.8 Å². The maximum atomic E-state index is 14.1. The van der Waals surface area contributed by atoms with Crippen LogP contribution in [0.2, 0.25) is 0 Å². The second-order valence-electron chi connectivity index (χ2n) is 6.14. The highest BCUT2D eigenvalue weighted by Gasteiger charge is 2.23. The molecule has 3 heterocycles. The monoisotopic (exact) mass is 370 g/mol. The number of ether oxygens (including phenoxy) is 1. The summed E-state index contributed by atoms with van der Waals surface area (Å²) in [5, 5.41) is 12.8. The molecule has 1 fully saturated rings. The second kappa shape index (κ2) is 7.18. The van der Waals surface area contributed by atoms with E-state index in [2.05, 4.69) is 20.2 Å². The Kier molecular flexibility index (Phi) is 4.57. The number of hydrogen-bond acceptors (Lipinski definition) is 6. The van der Waals surface area contributed by atoms with Crippen LogP contribution in [0.5, 0.6) is 0 Å². The van der Waals surface area contributed by atoms with Gasteiger partial charge in [0, 0.05) is 26.2 Å². The molecule has 0 radical (unpaired) electrons. The number of fused-ring (bicyclic) bond motifs is 1. The van der Waals surface area contributed by atoms with E-state index in [-0.39, 0.29) is 11.9 Å². The lowest BCUT2D eigenvalue weighted by atomic mass is 10.2. The van der Waals surface area contributed by atoms with Crippen LogP contribution in [-0.4, -0.2) is 63.6 Å². The maximum absolute atomic E-state index is 14.1. The van der Waals surface area contributed by atoms with Crippen LogP contribution in [0.1, 0.15) is 6.92 Å². The van der Waals surface area contributed by atoms with Crippen LogP contribution >= 0.6 is 0 Å². The Hall–Kier alpha value is -3.23. The molecule has 3 aromatic rings. The van der Waals surface area contributed by atoms with Crippen LogP contribution in [0.4, 0.5) is 15.0 Å². The average Bonchev–Trinajstić information content (AvgIpc) is 3.12. The minimum atomic E-state index is -0.373. The van der Waals surface area contributed by atoms with Gasteiger partial charge in [-0.2, -0.15) is 4.52 Å². The Morgan fingerprint density at radius 2 is 1.89 bits per heavy atom. The fourth-order valence-corrected chi connectivity index (χ4v) is 3.09. The van der Waals surface area contributed by atoms with Gasteiger partial charge in [-0.1, -0.05) is 12.1 Å². The Labute approximate surface area is 155 Å². The lowest BCUT2D eigenvalue weighted by molar-refractivity contribution is 0.105. The lowest BCUT2D eigenvalue weighted by Crippen LogP contribution is -2.49. The first-order valence-electron chi connectivity index (χ1n) is 8.81. The molecule has 27 heavy (non-hydrogen) atoms. The fourth-order valence-electron chi connectivity index (χ4n) is 3.09. The van der Waals surface area contributed by atoms with Gasteiger partial charge < -0.3 is 14.5 Å². The molecule has 0 saturated carbocycles. The zero-order valence-electron chi connectivity index (χ0n) is 14.9. The standard InChI is InChI=1S/C18H19FN6O2/c1-2-27-18(26)24-11-9-23(10-12-24)16-8-7-15-20-21-17(25(15)22-16)13-5-3-4-6-14(13)19/h3-8H,2,9-12H2,1H3. The van der Waals surface area contributed by atoms with Gasteiger partial charge in [0.25, 0.3) is 0 Å². The molecule has 1 aromatic carbocycles. The Morgan fingerprint density at radius 1 is 1.11 bits per heavy atom. The third-order valence-electron chi connectivity index (χ3n) is 4.49. The number of halogens is 1. The molecule has 1 amide bonds. The molecule has 140 valence electrons. The van der Waals surface area contributed by atoms with E-state index in [4.69, 9.17) is 4.74 Å². The minimum Gasteiger partial charge on any atom is -0.450 e. The van der Waals surface area contributed by atoms with Gasteiger partial charge in [-0.05, 0) is 31.2 Å². The first kappa shape index (κ1) is 17.2. The smallest absolute Gasteiger partial charge is 0.409 e. The summed E-state index contributed by atoms with van der Waals surface area (Å²) >= 11 is 0. The highest BCUT2D eigenvalue weighted by atomic mass is 19.1. The summed E-state index contributed by atoms with van der Waals surface area (Å²) in [4.78, 5) is 15.6. The molecular weight excluding hydrogens is 351 g/mol. The third-order valence-corrected chi connectivity index (χ3v) is 4.49. The summed E-state index contributed by atoms with van der Waals surface area (Å²) in [7, 11) is 0. The predicted molar refractivity (Wildman–Crippen MR) is 97.0 cm³/mol. The molecule has 2 aromatic heterocycles. The van der Waals surface area contributed by atoms with Crippen LogP contribution < -0.4 is 4.90 Å². The van der Waals surface area contributed by atoms with Crippen molar-refractivity contribution in [1.29, 1.82) is 0 Å². The number of anilines is 1. The van der Waals surface area contributed by atoms with Crippen LogP contribution in [0, 0.1) is 5.82 Å². The molecule has 0 unspecified atom stereocenters. The van der Waals surface area contributed by atoms with E-state index in [0.717, 1.165) is 5.82 Å². The average molecular weight is 370 g/mol. The molecule has 0 aliphatic carbocycles. The van der Waals surface area contributed by atoms with Crippen molar-refractivity contribution in [2.24, 2.45) is 0 Å². The van der Waals surface area contributed by atoms with Crippen LogP contribution in [0.3, 0.4) is 0 Å². The summed E-state index contributed by atoms with van der Waals surface area (Å²) < 4.78 is 20.7. The minimum absolute atomic E-state index is 0.291. The number of rotatable bonds is 3. The number of hydrogen-bond donors (Lipinski definition) is 0. The molecule has 1 aliphatic heterocycles. The van der Waals surface area contributed by atoms with E-state index < -0.39 is 0 Å². The van der Waals surface area contributed by atoms with E-state index >= 15 is 0 Å². The van der Waals surface area contributed by atoms with E-state index in [9.17, 15) is 9.18 Å². The normalized spacial score (nSPS) is 14.6. The maximum Gasteiger partial charge on any atom is 0.409 e. The van der Waals surface area contributed by atoms with Crippen molar-refractivity contribution in [3.05, 3.63) is 42.2 Å². The van der Waals surface area contributed by atoms with Gasteiger partial charge in [0.1, 0.15) is 11.6 Å². The summed E-state index contributed by atoms with van der Waals surface area (Å²) in [6.07, 6.45) is -0.291. The molecule has 1 aliphatic rings. The van der Waals surface area contributed by atoms with E-state index in [1.54, 1.807) is 40.6 Å². The molecule has 8 nitrogen and oxygen atoms in total. The summed E-state index contributed by atoms with van der Waals surface area (Å²) in [6.45, 7) is 4.54. The number of carbonyl (C=O) groups excluding carboxylic acids is 1. The van der Waals surface area contributed by atoms with Crippen molar-refractivity contribution in [3.63, 3.8) is 0 Å². The summed E-state index contributed by atoms with van der Waals surface area (Å²) in [5.74, 6) is 0.709. The number of amides is 1. The van der Waals surface area contributed by atoms with Crippen LogP contribution in [0.25, 0.3) is 17.0 Å². The number of aromatic nitrogens is 4. The Balaban J connectivity index is 1.58. The van der Waals surface area contributed by atoms with Crippen LogP contribution in [0.15, 0.2) is 36.4 Å². The number of nitrogens with zero attached hydrogens (tertiary/aromatic N) is 6. The van der Waals surface area contributed by atoms with E-state index in [1.165, 1.54) is 6.07 Å². The van der Waals surface area contributed by atoms with Gasteiger partial charge >= 0.3 is 6.09 Å². The first-order chi connectivity index (χ1) is 13.2. The van der Waals surface area contributed by atoms with Crippen molar-refractivity contribution in [1.82, 2.24) is 24.7 Å². The second-order valence-corrected chi connectivity index (χ2v) is 6.14. The van der Waals surface area contributed by atoms with Crippen molar-refractivity contribution < 1.29 is 13.9 Å². The molecular formula is C18H19FN6O2. The molecule has 0 spiro atoms. The predicted octanol–water partition coefficient (Wildman–Crippen LogP) is 2.21. The molecule has 1 saturated heterocycles. The Bertz CT molecular complexity index is 967. The molecule has 9 heteroatoms. The first-order valence-corrected chi connectivity index (χ1v) is 8.81. The van der Waals surface area contributed by atoms with Crippen LogP contribution in [-0.2, 0) is 4.74 Å². The zero-order valence-corrected chi connectivity index (χ0v) is 14.9. The van der Waals surface area contributed by atoms with Crippen molar-refractivity contribution >= 4 is 17.6 Å². The Morgan fingerprint density at radius 3 is 2.63 bits per heavy atom. The molecule has 4 rings (SSSR count). The highest BCUT2D eigenvalue weighted by Crippen LogP contribution is 2.22. The lowest BCUT2D eigenvalue weighted by Gasteiger charge is -2.34. The van der Waals surface area contributed by atoms with Gasteiger partial charge in [-0.25, -0.2) is 9.18 Å². The quantitative estimate of drug-likeness (QED) is 0.704. The number of benzene rings is 1. The molecule has 0 bridgehead atoms. The van der Waals surface area contributed by atoms with Crippen molar-refractivity contribution in [2.45, 2.75) is 6.92 Å². The van der Waals surface area contributed by atoms with Gasteiger partial charge in [-0.15, -0.1) is 15.3 Å². The van der Waals surface area contributed by atoms with Crippen molar-refractivity contribution in [2.75, 3.05) is 37.7 Å². The SMILES string of the molecule is CCOC(=O)N1CCN(c2ccc3nnc(-c4ccccc4F)n3n2)CC1. The van der Waals surface area contributed by atoms with Gasteiger partial charge in [0.05, 0.1) is 12.2 Å².